The average molecular weight is 830 g/mol. The quantitative estimate of drug-likeness (QED) is 0.147. The smallest absolute Gasteiger partial charge is 0.0713 e. The molecule has 0 atom stereocenters. The van der Waals surface area contributed by atoms with Crippen LogP contribution in [0.2, 0.25) is 0 Å². The second kappa shape index (κ2) is 15.4. The van der Waals surface area contributed by atoms with Crippen molar-refractivity contribution in [3.63, 3.8) is 0 Å². The van der Waals surface area contributed by atoms with Gasteiger partial charge in [-0.05, 0) is 132 Å². The molecule has 0 fully saturated rings. The van der Waals surface area contributed by atoms with Crippen LogP contribution in [0, 0.1) is 0 Å². The zero-order valence-electron chi connectivity index (χ0n) is 36.6. The van der Waals surface area contributed by atoms with Gasteiger partial charge in [0.1, 0.15) is 0 Å². The molecular weight excluding hydrogens is 783 g/mol. The maximum Gasteiger partial charge on any atom is 0.0713 e. The third-order valence-corrected chi connectivity index (χ3v) is 14.1. The molecule has 0 radical (unpaired) electrons. The highest BCUT2D eigenvalue weighted by Gasteiger charge is 2.46. The molecule has 10 aromatic rings. The Balaban J connectivity index is 1.06. The maximum absolute atomic E-state index is 2.50. The van der Waals surface area contributed by atoms with E-state index in [-0.39, 0.29) is 5.41 Å². The number of benzene rings is 10. The molecule has 308 valence electrons. The molecular formula is C64H47N. The Labute approximate surface area is 382 Å². The normalized spacial score (nSPS) is 13.6. The lowest BCUT2D eigenvalue weighted by Crippen LogP contribution is -2.28. The Morgan fingerprint density at radius 1 is 0.292 bits per heavy atom. The number of rotatable bonds is 8. The van der Waals surface area contributed by atoms with Crippen LogP contribution >= 0.6 is 0 Å². The summed E-state index contributed by atoms with van der Waals surface area (Å²) in [7, 11) is 0. The van der Waals surface area contributed by atoms with Crippen molar-refractivity contribution in [2.75, 3.05) is 4.90 Å². The van der Waals surface area contributed by atoms with Crippen LogP contribution in [0.15, 0.2) is 249 Å². The van der Waals surface area contributed by atoms with E-state index in [0.717, 1.165) is 11.4 Å². The van der Waals surface area contributed by atoms with Gasteiger partial charge in [0.2, 0.25) is 0 Å². The highest BCUT2D eigenvalue weighted by molar-refractivity contribution is 5.97. The van der Waals surface area contributed by atoms with E-state index in [2.05, 4.69) is 267 Å². The van der Waals surface area contributed by atoms with Crippen LogP contribution in [0.25, 0.3) is 55.6 Å². The molecule has 2 aliphatic rings. The fourth-order valence-electron chi connectivity index (χ4n) is 11.1. The molecule has 0 N–H and O–H groups in total. The van der Waals surface area contributed by atoms with Crippen LogP contribution < -0.4 is 4.90 Å². The number of hydrogen-bond acceptors (Lipinski definition) is 1. The Morgan fingerprint density at radius 2 is 0.738 bits per heavy atom. The van der Waals surface area contributed by atoms with Gasteiger partial charge in [-0.25, -0.2) is 0 Å². The van der Waals surface area contributed by atoms with E-state index in [0.29, 0.717) is 0 Å². The van der Waals surface area contributed by atoms with Crippen molar-refractivity contribution in [1.82, 2.24) is 0 Å². The molecule has 10 aromatic carbocycles. The standard InChI is InChI=1S/C64H47N/c1-63(2)57-30-17-16-29-55(57)62-60(63)32-19-33-61(62)65(52-36-34-46(35-37-52)49-41-47(44-20-7-3-8-21-44)40-48(42-49)45-22-9-4-10-23-45)53-38-39-59-56(43-53)54-28-15-18-31-58(54)64(59,50-24-11-5-12-25-50)51-26-13-6-14-27-51/h3-43H,1-2H3. The highest BCUT2D eigenvalue weighted by Crippen LogP contribution is 2.58. The predicted molar refractivity (Wildman–Crippen MR) is 272 cm³/mol. The molecule has 1 nitrogen and oxygen atoms in total. The van der Waals surface area contributed by atoms with Crippen molar-refractivity contribution in [2.45, 2.75) is 24.7 Å². The topological polar surface area (TPSA) is 3.24 Å². The van der Waals surface area contributed by atoms with Crippen LogP contribution in [-0.2, 0) is 10.8 Å². The van der Waals surface area contributed by atoms with Gasteiger partial charge in [-0.1, -0.05) is 214 Å². The first-order valence-corrected chi connectivity index (χ1v) is 22.8. The lowest BCUT2D eigenvalue weighted by molar-refractivity contribution is 0.660. The second-order valence-electron chi connectivity index (χ2n) is 18.0. The molecule has 2 aliphatic carbocycles. The largest absolute Gasteiger partial charge is 0.310 e. The summed E-state index contributed by atoms with van der Waals surface area (Å²) in [6.45, 7) is 4.74. The van der Waals surface area contributed by atoms with E-state index in [9.17, 15) is 0 Å². The van der Waals surface area contributed by atoms with Gasteiger partial charge in [-0.2, -0.15) is 0 Å². The third-order valence-electron chi connectivity index (χ3n) is 14.1. The molecule has 65 heavy (non-hydrogen) atoms. The zero-order valence-corrected chi connectivity index (χ0v) is 36.6. The first-order valence-electron chi connectivity index (χ1n) is 22.8. The van der Waals surface area contributed by atoms with Crippen LogP contribution in [0.4, 0.5) is 17.1 Å². The van der Waals surface area contributed by atoms with E-state index < -0.39 is 5.41 Å². The van der Waals surface area contributed by atoms with Crippen molar-refractivity contribution in [3.8, 4) is 55.6 Å². The number of nitrogens with zero attached hydrogens (tertiary/aromatic N) is 1. The van der Waals surface area contributed by atoms with E-state index in [1.807, 2.05) is 0 Å². The SMILES string of the molecule is CC1(C)c2ccccc2-c2c(N(c3ccc(-c4cc(-c5ccccc5)cc(-c5ccccc5)c4)cc3)c3ccc4c(c3)-c3ccccc3C4(c3ccccc3)c3ccccc3)cccc21. The summed E-state index contributed by atoms with van der Waals surface area (Å²) in [5.41, 5.74) is 23.0. The minimum absolute atomic E-state index is 0.139. The fourth-order valence-corrected chi connectivity index (χ4v) is 11.1. The van der Waals surface area contributed by atoms with Crippen molar-refractivity contribution in [1.29, 1.82) is 0 Å². The van der Waals surface area contributed by atoms with Crippen molar-refractivity contribution < 1.29 is 0 Å². The first-order chi connectivity index (χ1) is 32.0. The van der Waals surface area contributed by atoms with Crippen LogP contribution in [-0.4, -0.2) is 0 Å². The summed E-state index contributed by atoms with van der Waals surface area (Å²) < 4.78 is 0. The number of anilines is 3. The molecule has 0 aromatic heterocycles. The molecule has 1 heteroatoms. The van der Waals surface area contributed by atoms with Gasteiger partial charge >= 0.3 is 0 Å². The van der Waals surface area contributed by atoms with Gasteiger partial charge in [0, 0.05) is 22.4 Å². The summed E-state index contributed by atoms with van der Waals surface area (Å²) in [5.74, 6) is 0. The van der Waals surface area contributed by atoms with E-state index in [1.54, 1.807) is 0 Å². The molecule has 0 bridgehead atoms. The highest BCUT2D eigenvalue weighted by atomic mass is 15.1. The van der Waals surface area contributed by atoms with Gasteiger partial charge in [0.25, 0.3) is 0 Å². The Kier molecular flexibility index (Phi) is 9.14. The summed E-state index contributed by atoms with van der Waals surface area (Å²) in [4.78, 5) is 2.50. The van der Waals surface area contributed by atoms with Gasteiger partial charge in [0.15, 0.2) is 0 Å². The molecule has 0 saturated heterocycles. The summed E-state index contributed by atoms with van der Waals surface area (Å²) in [5, 5.41) is 0. The van der Waals surface area contributed by atoms with E-state index in [4.69, 9.17) is 0 Å². The maximum atomic E-state index is 2.50. The number of hydrogen-bond donors (Lipinski definition) is 0. The van der Waals surface area contributed by atoms with E-state index >= 15 is 0 Å². The van der Waals surface area contributed by atoms with Crippen LogP contribution in [0.1, 0.15) is 47.2 Å². The Bertz CT molecular complexity index is 3270. The first kappa shape index (κ1) is 38.7. The number of fused-ring (bicyclic) bond motifs is 6. The molecule has 0 spiro atoms. The molecule has 12 rings (SSSR count). The summed E-state index contributed by atoms with van der Waals surface area (Å²) in [6, 6.07) is 92.0. The van der Waals surface area contributed by atoms with E-state index in [1.165, 1.54) is 94.7 Å². The molecule has 0 aliphatic heterocycles. The van der Waals surface area contributed by atoms with Gasteiger partial charge in [0.05, 0.1) is 11.1 Å². The Hall–Kier alpha value is -8.00. The van der Waals surface area contributed by atoms with Crippen molar-refractivity contribution in [2.24, 2.45) is 0 Å². The molecule has 0 amide bonds. The van der Waals surface area contributed by atoms with Crippen molar-refractivity contribution in [3.05, 3.63) is 282 Å². The van der Waals surface area contributed by atoms with Crippen LogP contribution in [0.5, 0.6) is 0 Å². The van der Waals surface area contributed by atoms with Crippen LogP contribution in [0.3, 0.4) is 0 Å². The third kappa shape index (κ3) is 6.15. The lowest BCUT2D eigenvalue weighted by atomic mass is 9.68. The minimum Gasteiger partial charge on any atom is -0.310 e. The lowest BCUT2D eigenvalue weighted by Gasteiger charge is -2.34. The minimum atomic E-state index is -0.469. The van der Waals surface area contributed by atoms with Gasteiger partial charge in [-0.15, -0.1) is 0 Å². The molecule has 0 heterocycles. The summed E-state index contributed by atoms with van der Waals surface area (Å²) >= 11 is 0. The average Bonchev–Trinajstić information content (AvgIpc) is 3.81. The molecule has 0 saturated carbocycles. The van der Waals surface area contributed by atoms with Gasteiger partial charge in [-0.3, -0.25) is 0 Å². The van der Waals surface area contributed by atoms with Crippen molar-refractivity contribution >= 4 is 17.1 Å². The Morgan fingerprint density at radius 3 is 1.32 bits per heavy atom. The summed E-state index contributed by atoms with van der Waals surface area (Å²) in [6.07, 6.45) is 0. The predicted octanol–water partition coefficient (Wildman–Crippen LogP) is 16.8. The zero-order chi connectivity index (χ0) is 43.5. The monoisotopic (exact) mass is 829 g/mol. The van der Waals surface area contributed by atoms with Gasteiger partial charge < -0.3 is 4.90 Å². The second-order valence-corrected chi connectivity index (χ2v) is 18.0. The fraction of sp³-hybridized carbons (Fsp3) is 0.0625. The molecule has 0 unspecified atom stereocenters.